The van der Waals surface area contributed by atoms with Crippen LogP contribution < -0.4 is 11.5 Å². The standard InChI is InChI=1S/C12H7BrF2N6.C12H8F2N6.C2H3N/c13-8-4-17-11(16)10(19-8)12-20-18-5-21(12)7-3-1-2-6(14)9(7)15;13-7-2-1-3-8(9(7)14)20-6-18-19-12(20)10-11(15)17-5-4-16-10;1-2-3/h1-5H,(H2,16,17);1-6H,(H2,15,17);1H3. The van der Waals surface area contributed by atoms with E-state index in [2.05, 4.69) is 56.3 Å². The van der Waals surface area contributed by atoms with E-state index in [1.54, 1.807) is 6.07 Å². The van der Waals surface area contributed by atoms with Crippen LogP contribution in [0.1, 0.15) is 6.92 Å². The van der Waals surface area contributed by atoms with Crippen LogP contribution >= 0.6 is 15.9 Å². The van der Waals surface area contributed by atoms with Gasteiger partial charge in [-0.3, -0.25) is 9.13 Å². The first-order valence-electron chi connectivity index (χ1n) is 12.0. The molecule has 0 aliphatic rings. The van der Waals surface area contributed by atoms with Crippen LogP contribution in [-0.2, 0) is 0 Å². The second-order valence-corrected chi connectivity index (χ2v) is 8.95. The third kappa shape index (κ3) is 6.63. The van der Waals surface area contributed by atoms with E-state index in [0.29, 0.717) is 4.60 Å². The second kappa shape index (κ2) is 13.9. The molecule has 0 amide bonds. The molecule has 0 atom stereocenters. The molecular weight excluding hydrogens is 650 g/mol. The zero-order chi connectivity index (χ0) is 31.8. The second-order valence-electron chi connectivity index (χ2n) is 8.14. The van der Waals surface area contributed by atoms with Crippen LogP contribution in [0.15, 0.2) is 72.2 Å². The van der Waals surface area contributed by atoms with Crippen LogP contribution in [0, 0.1) is 34.6 Å². The average Bonchev–Trinajstić information content (AvgIpc) is 3.69. The number of benzene rings is 2. The molecule has 2 aromatic carbocycles. The van der Waals surface area contributed by atoms with Crippen molar-refractivity contribution in [2.75, 3.05) is 11.5 Å². The number of hydrogen-bond acceptors (Lipinski definition) is 11. The SMILES string of the molecule is CC#N.Nc1ncc(Br)nc1-c1nncn1-c1cccc(F)c1F.Nc1nccnc1-c1nncn1-c1cccc(F)c1F. The molecule has 0 spiro atoms. The number of anilines is 2. The van der Waals surface area contributed by atoms with Crippen LogP contribution in [0.4, 0.5) is 29.2 Å². The predicted octanol–water partition coefficient (Wildman–Crippen LogP) is 4.46. The number of nitriles is 1. The van der Waals surface area contributed by atoms with Crippen molar-refractivity contribution in [1.82, 2.24) is 49.5 Å². The van der Waals surface area contributed by atoms with E-state index in [-0.39, 0.29) is 46.0 Å². The van der Waals surface area contributed by atoms with Gasteiger partial charge in [0.05, 0.1) is 23.6 Å². The fraction of sp³-hybridized carbons (Fsp3) is 0.0385. The first-order chi connectivity index (χ1) is 21.2. The van der Waals surface area contributed by atoms with E-state index < -0.39 is 23.3 Å². The summed E-state index contributed by atoms with van der Waals surface area (Å²) in [6.07, 6.45) is 6.76. The first-order valence-corrected chi connectivity index (χ1v) is 12.8. The highest BCUT2D eigenvalue weighted by atomic mass is 79.9. The Labute approximate surface area is 254 Å². The maximum Gasteiger partial charge on any atom is 0.190 e. The lowest BCUT2D eigenvalue weighted by Gasteiger charge is -2.08. The summed E-state index contributed by atoms with van der Waals surface area (Å²) in [7, 11) is 0. The summed E-state index contributed by atoms with van der Waals surface area (Å²) >= 11 is 3.17. The van der Waals surface area contributed by atoms with Crippen molar-refractivity contribution < 1.29 is 17.6 Å². The number of nitrogen functional groups attached to an aromatic ring is 2. The number of hydrogen-bond donors (Lipinski definition) is 2. The van der Waals surface area contributed by atoms with Gasteiger partial charge in [-0.15, -0.1) is 20.4 Å². The minimum atomic E-state index is -1.01. The number of rotatable bonds is 4. The summed E-state index contributed by atoms with van der Waals surface area (Å²) in [4.78, 5) is 16.0. The summed E-state index contributed by atoms with van der Waals surface area (Å²) < 4.78 is 57.4. The Morgan fingerprint density at radius 2 is 1.23 bits per heavy atom. The lowest BCUT2D eigenvalue weighted by molar-refractivity contribution is 0.504. The Morgan fingerprint density at radius 1 is 0.750 bits per heavy atom. The van der Waals surface area contributed by atoms with E-state index in [0.717, 1.165) is 12.1 Å². The van der Waals surface area contributed by atoms with E-state index >= 15 is 0 Å². The Morgan fingerprint density at radius 3 is 1.75 bits per heavy atom. The maximum absolute atomic E-state index is 13.9. The van der Waals surface area contributed by atoms with E-state index in [9.17, 15) is 17.6 Å². The first kappa shape index (κ1) is 31.1. The van der Waals surface area contributed by atoms with Crippen LogP contribution in [0.2, 0.25) is 0 Å². The average molecular weight is 668 g/mol. The number of nitrogens with zero attached hydrogens (tertiary/aromatic N) is 11. The quantitative estimate of drug-likeness (QED) is 0.252. The molecular formula is C26H18BrF4N13. The Balaban J connectivity index is 0.000000185. The van der Waals surface area contributed by atoms with Gasteiger partial charge in [0.15, 0.2) is 57.9 Å². The molecule has 0 fully saturated rings. The van der Waals surface area contributed by atoms with Gasteiger partial charge in [-0.1, -0.05) is 12.1 Å². The summed E-state index contributed by atoms with van der Waals surface area (Å²) in [6, 6.07) is 9.37. The molecule has 0 unspecified atom stereocenters. The van der Waals surface area contributed by atoms with E-state index in [1.165, 1.54) is 71.6 Å². The third-order valence-electron chi connectivity index (χ3n) is 5.40. The van der Waals surface area contributed by atoms with Crippen molar-refractivity contribution in [3.05, 3.63) is 95.5 Å². The molecule has 0 saturated carbocycles. The van der Waals surface area contributed by atoms with E-state index in [4.69, 9.17) is 16.7 Å². The number of aromatic nitrogens is 10. The highest BCUT2D eigenvalue weighted by molar-refractivity contribution is 9.10. The zero-order valence-electron chi connectivity index (χ0n) is 22.3. The highest BCUT2D eigenvalue weighted by Gasteiger charge is 2.19. The molecule has 4 N–H and O–H groups in total. The molecule has 6 rings (SSSR count). The van der Waals surface area contributed by atoms with Crippen LogP contribution in [-0.4, -0.2) is 49.5 Å². The van der Waals surface area contributed by atoms with Crippen molar-refractivity contribution >= 4 is 27.6 Å². The van der Waals surface area contributed by atoms with Gasteiger partial charge in [0.2, 0.25) is 0 Å². The molecule has 0 saturated heterocycles. The fourth-order valence-electron chi connectivity index (χ4n) is 3.56. The lowest BCUT2D eigenvalue weighted by atomic mass is 10.2. The lowest BCUT2D eigenvalue weighted by Crippen LogP contribution is -2.05. The van der Waals surface area contributed by atoms with Gasteiger partial charge in [0.25, 0.3) is 0 Å². The van der Waals surface area contributed by atoms with Crippen LogP contribution in [0.3, 0.4) is 0 Å². The van der Waals surface area contributed by atoms with Crippen molar-refractivity contribution in [2.24, 2.45) is 0 Å². The highest BCUT2D eigenvalue weighted by Crippen LogP contribution is 2.26. The van der Waals surface area contributed by atoms with Crippen molar-refractivity contribution in [3.63, 3.8) is 0 Å². The molecule has 13 nitrogen and oxygen atoms in total. The third-order valence-corrected chi connectivity index (χ3v) is 5.78. The van der Waals surface area contributed by atoms with Crippen molar-refractivity contribution in [3.8, 4) is 40.5 Å². The molecule has 44 heavy (non-hydrogen) atoms. The summed E-state index contributed by atoms with van der Waals surface area (Å²) in [5, 5.41) is 22.4. The fourth-order valence-corrected chi connectivity index (χ4v) is 3.84. The molecule has 4 heterocycles. The van der Waals surface area contributed by atoms with Gasteiger partial charge in [0.1, 0.15) is 17.3 Å². The summed E-state index contributed by atoms with van der Waals surface area (Å²) in [5.74, 6) is -3.39. The molecule has 0 radical (unpaired) electrons. The minimum Gasteiger partial charge on any atom is -0.382 e. The van der Waals surface area contributed by atoms with Crippen molar-refractivity contribution in [2.45, 2.75) is 6.92 Å². The molecule has 6 aromatic rings. The summed E-state index contributed by atoms with van der Waals surface area (Å²) in [5.41, 5.74) is 11.8. The van der Waals surface area contributed by atoms with E-state index in [1.807, 2.05) is 0 Å². The van der Waals surface area contributed by atoms with Gasteiger partial charge in [0, 0.05) is 19.3 Å². The molecule has 0 aliphatic carbocycles. The maximum atomic E-state index is 13.9. The monoisotopic (exact) mass is 667 g/mol. The van der Waals surface area contributed by atoms with Gasteiger partial charge in [-0.05, 0) is 40.2 Å². The molecule has 0 bridgehead atoms. The smallest absolute Gasteiger partial charge is 0.190 e. The number of nitrogens with two attached hydrogens (primary N) is 2. The molecule has 222 valence electrons. The Hall–Kier alpha value is -5.83. The van der Waals surface area contributed by atoms with Crippen LogP contribution in [0.5, 0.6) is 0 Å². The minimum absolute atomic E-state index is 0.0324. The van der Waals surface area contributed by atoms with Crippen molar-refractivity contribution in [1.29, 1.82) is 5.26 Å². The van der Waals surface area contributed by atoms with Gasteiger partial charge in [-0.2, -0.15) is 5.26 Å². The normalized spacial score (nSPS) is 10.2. The van der Waals surface area contributed by atoms with Gasteiger partial charge in [-0.25, -0.2) is 37.5 Å². The zero-order valence-corrected chi connectivity index (χ0v) is 23.9. The topological polar surface area (TPSA) is 189 Å². The molecule has 4 aromatic heterocycles. The largest absolute Gasteiger partial charge is 0.382 e. The summed E-state index contributed by atoms with van der Waals surface area (Å²) in [6.45, 7) is 1.43. The Bertz CT molecular complexity index is 1940. The van der Waals surface area contributed by atoms with Gasteiger partial charge >= 0.3 is 0 Å². The molecule has 18 heteroatoms. The number of halogens is 5. The van der Waals surface area contributed by atoms with Crippen LogP contribution in [0.25, 0.3) is 34.4 Å². The van der Waals surface area contributed by atoms with Gasteiger partial charge < -0.3 is 11.5 Å². The predicted molar refractivity (Wildman–Crippen MR) is 152 cm³/mol. The molecule has 0 aliphatic heterocycles. The Kier molecular flexibility index (Phi) is 9.82.